The first-order valence-electron chi connectivity index (χ1n) is 7.45. The average molecular weight is 425 g/mol. The van der Waals surface area contributed by atoms with Crippen molar-refractivity contribution < 1.29 is 22.1 Å². The number of nitrogens with zero attached hydrogens (tertiary/aromatic N) is 1. The van der Waals surface area contributed by atoms with Gasteiger partial charge in [-0.05, 0) is 48.2 Å². The fourth-order valence-electron chi connectivity index (χ4n) is 2.22. The van der Waals surface area contributed by atoms with Crippen LogP contribution in [0.25, 0.3) is 6.08 Å². The minimum absolute atomic E-state index is 0.0543. The van der Waals surface area contributed by atoms with Crippen molar-refractivity contribution in [1.82, 2.24) is 0 Å². The molecule has 0 unspecified atom stereocenters. The van der Waals surface area contributed by atoms with Crippen LogP contribution < -0.4 is 14.7 Å². The van der Waals surface area contributed by atoms with Crippen molar-refractivity contribution in [3.8, 4) is 11.5 Å². The number of methoxy groups -OCH3 is 1. The molecule has 0 spiro atoms. The maximum Gasteiger partial charge on any atom is 0.339 e. The number of ether oxygens (including phenoxy) is 1. The van der Waals surface area contributed by atoms with Gasteiger partial charge in [0.25, 0.3) is 5.91 Å². The molecule has 0 aliphatic carbocycles. The minimum atomic E-state index is -4.16. The largest absolute Gasteiger partial charge is 0.493 e. The predicted octanol–water partition coefficient (Wildman–Crippen LogP) is 3.05. The maximum atomic E-state index is 12.6. The van der Waals surface area contributed by atoms with Crippen LogP contribution in [0.2, 0.25) is 5.02 Å². The Morgan fingerprint density at radius 3 is 2.48 bits per heavy atom. The molecule has 1 aliphatic rings. The second-order valence-corrected chi connectivity index (χ2v) is 8.28. The highest BCUT2D eigenvalue weighted by atomic mass is 35.5. The van der Waals surface area contributed by atoms with Gasteiger partial charge in [-0.25, -0.2) is 0 Å². The topological polar surface area (TPSA) is 108 Å². The van der Waals surface area contributed by atoms with E-state index in [0.29, 0.717) is 10.6 Å². The quantitative estimate of drug-likeness (QED) is 0.580. The fraction of sp³-hybridized carbons (Fsp3) is 0.0588. The number of hydrogen-bond acceptors (Lipinski definition) is 7. The summed E-state index contributed by atoms with van der Waals surface area (Å²) in [6.07, 6.45) is 1.45. The lowest BCUT2D eigenvalue weighted by molar-refractivity contribution is -0.113. The van der Waals surface area contributed by atoms with Gasteiger partial charge >= 0.3 is 10.1 Å². The van der Waals surface area contributed by atoms with Crippen molar-refractivity contribution in [2.24, 2.45) is 10.7 Å². The van der Waals surface area contributed by atoms with Gasteiger partial charge in [-0.2, -0.15) is 13.4 Å². The molecular weight excluding hydrogens is 412 g/mol. The van der Waals surface area contributed by atoms with E-state index >= 15 is 0 Å². The van der Waals surface area contributed by atoms with Gasteiger partial charge in [0.05, 0.1) is 12.0 Å². The highest BCUT2D eigenvalue weighted by Gasteiger charge is 2.24. The first kappa shape index (κ1) is 19.3. The molecule has 0 atom stereocenters. The molecule has 3 rings (SSSR count). The SMILES string of the molecule is COc1cccc(/C=C2/SC(N)=NC2=O)c1OS(=O)(=O)c1ccc(Cl)cc1. The number of thioether (sulfide) groups is 1. The van der Waals surface area contributed by atoms with Crippen molar-refractivity contribution in [3.63, 3.8) is 0 Å². The van der Waals surface area contributed by atoms with Crippen molar-refractivity contribution in [1.29, 1.82) is 0 Å². The highest BCUT2D eigenvalue weighted by Crippen LogP contribution is 2.37. The van der Waals surface area contributed by atoms with Crippen molar-refractivity contribution >= 4 is 50.6 Å². The lowest BCUT2D eigenvalue weighted by atomic mass is 10.1. The number of halogens is 1. The third-order valence-corrected chi connectivity index (χ3v) is 5.75. The predicted molar refractivity (Wildman–Crippen MR) is 104 cm³/mol. The molecule has 27 heavy (non-hydrogen) atoms. The van der Waals surface area contributed by atoms with Gasteiger partial charge in [0, 0.05) is 10.6 Å². The molecule has 0 saturated carbocycles. The van der Waals surface area contributed by atoms with E-state index in [4.69, 9.17) is 26.3 Å². The summed E-state index contributed by atoms with van der Waals surface area (Å²) in [5.41, 5.74) is 5.87. The van der Waals surface area contributed by atoms with E-state index in [-0.39, 0.29) is 26.5 Å². The van der Waals surface area contributed by atoms with Crippen molar-refractivity contribution in [3.05, 3.63) is 58.0 Å². The summed E-state index contributed by atoms with van der Waals surface area (Å²) in [5, 5.41) is 0.511. The molecule has 1 amide bonds. The Morgan fingerprint density at radius 1 is 1.19 bits per heavy atom. The number of nitrogens with two attached hydrogens (primary N) is 1. The van der Waals surface area contributed by atoms with E-state index in [0.717, 1.165) is 11.8 Å². The lowest BCUT2D eigenvalue weighted by Gasteiger charge is -2.13. The molecule has 0 saturated heterocycles. The second-order valence-electron chi connectivity index (χ2n) is 5.24. The van der Waals surface area contributed by atoms with Crippen LogP contribution in [0.15, 0.2) is 57.3 Å². The maximum absolute atomic E-state index is 12.6. The van der Waals surface area contributed by atoms with Crippen LogP contribution in [0.3, 0.4) is 0 Å². The molecule has 2 aromatic rings. The number of carbonyl (C=O) groups excluding carboxylic acids is 1. The summed E-state index contributed by atoms with van der Waals surface area (Å²) in [7, 11) is -2.78. The number of carbonyl (C=O) groups is 1. The molecule has 7 nitrogen and oxygen atoms in total. The first-order valence-corrected chi connectivity index (χ1v) is 10.1. The monoisotopic (exact) mass is 424 g/mol. The number of benzene rings is 2. The van der Waals surface area contributed by atoms with E-state index in [9.17, 15) is 13.2 Å². The highest BCUT2D eigenvalue weighted by molar-refractivity contribution is 8.18. The molecule has 1 heterocycles. The Labute approximate surface area is 165 Å². The van der Waals surface area contributed by atoms with E-state index < -0.39 is 16.0 Å². The van der Waals surface area contributed by atoms with Gasteiger partial charge in [-0.15, -0.1) is 0 Å². The van der Waals surface area contributed by atoms with Crippen LogP contribution in [0, 0.1) is 0 Å². The van der Waals surface area contributed by atoms with Crippen molar-refractivity contribution in [2.75, 3.05) is 7.11 Å². The summed E-state index contributed by atoms with van der Waals surface area (Å²) in [5.74, 6) is -0.376. The van der Waals surface area contributed by atoms with Crippen molar-refractivity contribution in [2.45, 2.75) is 4.90 Å². The van der Waals surface area contributed by atoms with Crippen LogP contribution in [-0.4, -0.2) is 26.6 Å². The number of aliphatic imine (C=N–C) groups is 1. The van der Waals surface area contributed by atoms with Crippen LogP contribution >= 0.6 is 23.4 Å². The Bertz CT molecular complexity index is 1060. The average Bonchev–Trinajstić information content (AvgIpc) is 2.93. The number of amidine groups is 1. The molecule has 0 bridgehead atoms. The minimum Gasteiger partial charge on any atom is -0.493 e. The standard InChI is InChI=1S/C17H13ClN2O5S2/c1-24-13-4-2-3-10(9-14-16(21)20-17(19)26-14)15(13)25-27(22,23)12-7-5-11(18)6-8-12/h2-9H,1H3,(H2,19,20,21)/b14-9+. The van der Waals surface area contributed by atoms with Gasteiger partial charge < -0.3 is 14.7 Å². The summed E-state index contributed by atoms with van der Waals surface area (Å²) in [4.78, 5) is 15.6. The summed E-state index contributed by atoms with van der Waals surface area (Å²) >= 11 is 6.78. The van der Waals surface area contributed by atoms with Crippen LogP contribution in [-0.2, 0) is 14.9 Å². The van der Waals surface area contributed by atoms with E-state index in [1.165, 1.54) is 37.5 Å². The summed E-state index contributed by atoms with van der Waals surface area (Å²) < 4.78 is 35.8. The third kappa shape index (κ3) is 4.26. The second kappa shape index (κ2) is 7.63. The van der Waals surface area contributed by atoms with Gasteiger partial charge in [0.15, 0.2) is 16.7 Å². The number of rotatable bonds is 5. The third-order valence-electron chi connectivity index (χ3n) is 3.45. The normalized spacial score (nSPS) is 15.7. The van der Waals surface area contributed by atoms with Gasteiger partial charge in [0.2, 0.25) is 0 Å². The van der Waals surface area contributed by atoms with Crippen LogP contribution in [0.4, 0.5) is 0 Å². The molecular formula is C17H13ClN2O5S2. The molecule has 2 N–H and O–H groups in total. The van der Waals surface area contributed by atoms with E-state index in [1.807, 2.05) is 0 Å². The van der Waals surface area contributed by atoms with Crippen LogP contribution in [0.5, 0.6) is 11.5 Å². The number of para-hydroxylation sites is 1. The zero-order valence-corrected chi connectivity index (χ0v) is 16.3. The molecule has 0 aromatic heterocycles. The Morgan fingerprint density at radius 2 is 1.89 bits per heavy atom. The molecule has 140 valence electrons. The van der Waals surface area contributed by atoms with Gasteiger partial charge in [-0.1, -0.05) is 23.7 Å². The molecule has 10 heteroatoms. The Kier molecular flexibility index (Phi) is 5.45. The zero-order chi connectivity index (χ0) is 19.6. The molecule has 0 fully saturated rings. The summed E-state index contributed by atoms with van der Waals surface area (Å²) in [6.45, 7) is 0. The van der Waals surface area contributed by atoms with Gasteiger partial charge in [0.1, 0.15) is 4.90 Å². The Balaban J connectivity index is 2.03. The van der Waals surface area contributed by atoms with Gasteiger partial charge in [-0.3, -0.25) is 4.79 Å². The first-order chi connectivity index (χ1) is 12.8. The zero-order valence-electron chi connectivity index (χ0n) is 13.9. The molecule has 1 aliphatic heterocycles. The van der Waals surface area contributed by atoms with E-state index in [1.54, 1.807) is 18.2 Å². The molecule has 0 radical (unpaired) electrons. The smallest absolute Gasteiger partial charge is 0.339 e. The Hall–Kier alpha value is -2.49. The summed E-state index contributed by atoms with van der Waals surface area (Å²) in [6, 6.07) is 10.3. The number of amides is 1. The molecule has 2 aromatic carbocycles. The van der Waals surface area contributed by atoms with Crippen LogP contribution in [0.1, 0.15) is 5.56 Å². The fourth-order valence-corrected chi connectivity index (χ4v) is 3.98. The van der Waals surface area contributed by atoms with E-state index in [2.05, 4.69) is 4.99 Å². The number of hydrogen-bond donors (Lipinski definition) is 1. The lowest BCUT2D eigenvalue weighted by Crippen LogP contribution is -2.11.